The molecular formula is C22H24N2O5S. The molecule has 3 amide bonds. The van der Waals surface area contributed by atoms with Crippen molar-refractivity contribution in [2.75, 3.05) is 12.8 Å². The van der Waals surface area contributed by atoms with Crippen LogP contribution in [0, 0.1) is 6.92 Å². The summed E-state index contributed by atoms with van der Waals surface area (Å²) < 4.78 is 24.1. The molecule has 0 spiro atoms. The molecule has 1 aliphatic rings. The topological polar surface area (TPSA) is 115 Å². The first-order valence-corrected chi connectivity index (χ1v) is 11.6. The Labute approximate surface area is 175 Å². The molecule has 2 aromatic rings. The van der Waals surface area contributed by atoms with Gasteiger partial charge < -0.3 is 5.73 Å². The number of nitrogens with two attached hydrogens (primary N) is 1. The lowest BCUT2D eigenvalue weighted by molar-refractivity contribution is 0.0651. The SMILES string of the molecule is Cc1c(CCCCCN2C(=O)c3ccccc3C2=O)cc(C(N)=O)cc1S(C)(=O)=O. The summed E-state index contributed by atoms with van der Waals surface area (Å²) in [5, 5.41) is 0. The van der Waals surface area contributed by atoms with Crippen LogP contribution in [0.5, 0.6) is 0 Å². The lowest BCUT2D eigenvalue weighted by Gasteiger charge is -2.14. The van der Waals surface area contributed by atoms with Gasteiger partial charge in [0.05, 0.1) is 16.0 Å². The number of primary amides is 1. The van der Waals surface area contributed by atoms with Gasteiger partial charge in [-0.1, -0.05) is 18.6 Å². The summed E-state index contributed by atoms with van der Waals surface area (Å²) in [7, 11) is -3.49. The summed E-state index contributed by atoms with van der Waals surface area (Å²) in [6, 6.07) is 9.74. The number of nitrogens with zero attached hydrogens (tertiary/aromatic N) is 1. The second-order valence-electron chi connectivity index (χ2n) is 7.51. The molecule has 0 bridgehead atoms. The van der Waals surface area contributed by atoms with Crippen molar-refractivity contribution in [3.63, 3.8) is 0 Å². The molecule has 0 aromatic heterocycles. The third-order valence-corrected chi connectivity index (χ3v) is 6.58. The van der Waals surface area contributed by atoms with Crippen LogP contribution in [-0.2, 0) is 16.3 Å². The Hall–Kier alpha value is -3.00. The Morgan fingerprint density at radius 2 is 1.60 bits per heavy atom. The maximum Gasteiger partial charge on any atom is 0.261 e. The number of benzene rings is 2. The van der Waals surface area contributed by atoms with Crippen molar-refractivity contribution >= 4 is 27.6 Å². The molecule has 0 unspecified atom stereocenters. The van der Waals surface area contributed by atoms with Gasteiger partial charge in [-0.15, -0.1) is 0 Å². The molecule has 30 heavy (non-hydrogen) atoms. The van der Waals surface area contributed by atoms with E-state index >= 15 is 0 Å². The highest BCUT2D eigenvalue weighted by Crippen LogP contribution is 2.25. The van der Waals surface area contributed by atoms with Crippen molar-refractivity contribution in [3.8, 4) is 0 Å². The zero-order valence-corrected chi connectivity index (χ0v) is 17.8. The third-order valence-electron chi connectivity index (χ3n) is 5.36. The Kier molecular flexibility index (Phi) is 6.07. The fraction of sp³-hybridized carbons (Fsp3) is 0.318. The summed E-state index contributed by atoms with van der Waals surface area (Å²) >= 11 is 0. The Balaban J connectivity index is 1.61. The Morgan fingerprint density at radius 3 is 2.13 bits per heavy atom. The molecule has 0 radical (unpaired) electrons. The molecular weight excluding hydrogens is 404 g/mol. The maximum atomic E-state index is 12.4. The van der Waals surface area contributed by atoms with Crippen LogP contribution in [0.4, 0.5) is 0 Å². The van der Waals surface area contributed by atoms with Crippen molar-refractivity contribution in [2.45, 2.75) is 37.5 Å². The first kappa shape index (κ1) is 21.7. The molecule has 158 valence electrons. The summed E-state index contributed by atoms with van der Waals surface area (Å²) in [4.78, 5) is 37.7. The van der Waals surface area contributed by atoms with Crippen molar-refractivity contribution in [2.24, 2.45) is 5.73 Å². The van der Waals surface area contributed by atoms with Gasteiger partial charge in [-0.25, -0.2) is 8.42 Å². The molecule has 1 heterocycles. The highest BCUT2D eigenvalue weighted by Gasteiger charge is 2.34. The summed E-state index contributed by atoms with van der Waals surface area (Å²) in [6.07, 6.45) is 3.76. The molecule has 3 rings (SSSR count). The van der Waals surface area contributed by atoms with E-state index in [0.29, 0.717) is 36.1 Å². The van der Waals surface area contributed by atoms with E-state index in [0.717, 1.165) is 24.7 Å². The van der Waals surface area contributed by atoms with Gasteiger partial charge in [0.1, 0.15) is 0 Å². The fourth-order valence-electron chi connectivity index (χ4n) is 3.74. The molecule has 0 saturated heterocycles. The van der Waals surface area contributed by atoms with Gasteiger partial charge in [0.25, 0.3) is 11.8 Å². The van der Waals surface area contributed by atoms with Gasteiger partial charge in [-0.2, -0.15) is 0 Å². The number of rotatable bonds is 8. The maximum absolute atomic E-state index is 12.4. The first-order chi connectivity index (χ1) is 14.1. The molecule has 0 fully saturated rings. The van der Waals surface area contributed by atoms with Gasteiger partial charge in [0.2, 0.25) is 5.91 Å². The van der Waals surface area contributed by atoms with E-state index in [1.165, 1.54) is 11.0 Å². The van der Waals surface area contributed by atoms with Crippen molar-refractivity contribution in [1.82, 2.24) is 4.90 Å². The number of unbranched alkanes of at least 4 members (excludes halogenated alkanes) is 2. The number of fused-ring (bicyclic) bond motifs is 1. The van der Waals surface area contributed by atoms with Crippen LogP contribution in [0.3, 0.4) is 0 Å². The highest BCUT2D eigenvalue weighted by molar-refractivity contribution is 7.90. The minimum absolute atomic E-state index is 0.111. The number of amides is 3. The largest absolute Gasteiger partial charge is 0.366 e. The minimum Gasteiger partial charge on any atom is -0.366 e. The molecule has 8 heteroatoms. The number of imide groups is 1. The van der Waals surface area contributed by atoms with Gasteiger partial charge in [-0.05, 0) is 61.6 Å². The van der Waals surface area contributed by atoms with Gasteiger partial charge in [0.15, 0.2) is 9.84 Å². The highest BCUT2D eigenvalue weighted by atomic mass is 32.2. The normalized spacial score (nSPS) is 13.6. The van der Waals surface area contributed by atoms with E-state index in [2.05, 4.69) is 0 Å². The van der Waals surface area contributed by atoms with Crippen molar-refractivity contribution in [3.05, 3.63) is 64.2 Å². The first-order valence-electron chi connectivity index (χ1n) is 9.70. The summed E-state index contributed by atoms with van der Waals surface area (Å²) in [5.74, 6) is -1.21. The smallest absolute Gasteiger partial charge is 0.261 e. The Bertz CT molecular complexity index is 1100. The second-order valence-corrected chi connectivity index (χ2v) is 9.50. The predicted molar refractivity (Wildman–Crippen MR) is 112 cm³/mol. The third kappa shape index (κ3) is 4.28. The molecule has 0 saturated carbocycles. The fourth-order valence-corrected chi connectivity index (χ4v) is 4.77. The zero-order chi connectivity index (χ0) is 22.1. The van der Waals surface area contributed by atoms with Crippen molar-refractivity contribution < 1.29 is 22.8 Å². The van der Waals surface area contributed by atoms with E-state index < -0.39 is 15.7 Å². The number of hydrogen-bond acceptors (Lipinski definition) is 5. The second kappa shape index (κ2) is 8.39. The number of hydrogen-bond donors (Lipinski definition) is 1. The molecule has 0 aliphatic carbocycles. The van der Waals surface area contributed by atoms with Gasteiger partial charge in [-0.3, -0.25) is 19.3 Å². The monoisotopic (exact) mass is 428 g/mol. The lowest BCUT2D eigenvalue weighted by atomic mass is 9.99. The zero-order valence-electron chi connectivity index (χ0n) is 17.0. The van der Waals surface area contributed by atoms with Crippen LogP contribution >= 0.6 is 0 Å². The van der Waals surface area contributed by atoms with Crippen LogP contribution in [0.25, 0.3) is 0 Å². The Morgan fingerprint density at radius 1 is 1.00 bits per heavy atom. The molecule has 2 aromatic carbocycles. The van der Waals surface area contributed by atoms with Crippen LogP contribution < -0.4 is 5.73 Å². The lowest BCUT2D eigenvalue weighted by Crippen LogP contribution is -2.30. The summed E-state index contributed by atoms with van der Waals surface area (Å²) in [6.45, 7) is 2.05. The van der Waals surface area contributed by atoms with Crippen LogP contribution in [0.15, 0.2) is 41.3 Å². The number of sulfone groups is 1. The molecule has 1 aliphatic heterocycles. The molecule has 7 nitrogen and oxygen atoms in total. The standard InChI is InChI=1S/C22H24N2O5S/c1-14-15(12-16(20(23)25)13-19(14)30(2,28)29)8-4-3-7-11-24-21(26)17-9-5-6-10-18(17)22(24)27/h5-6,9-10,12-13H,3-4,7-8,11H2,1-2H3,(H2,23,25). The average Bonchev–Trinajstić information content (AvgIpc) is 2.92. The van der Waals surface area contributed by atoms with Crippen LogP contribution in [-0.4, -0.2) is 43.8 Å². The van der Waals surface area contributed by atoms with Crippen LogP contribution in [0.2, 0.25) is 0 Å². The van der Waals surface area contributed by atoms with E-state index in [1.54, 1.807) is 37.3 Å². The number of carbonyl (C=O) groups is 3. The van der Waals surface area contributed by atoms with E-state index in [4.69, 9.17) is 5.73 Å². The molecule has 2 N–H and O–H groups in total. The average molecular weight is 429 g/mol. The van der Waals surface area contributed by atoms with E-state index in [-0.39, 0.29) is 22.3 Å². The van der Waals surface area contributed by atoms with Gasteiger partial charge in [0, 0.05) is 18.4 Å². The quantitative estimate of drug-likeness (QED) is 0.512. The predicted octanol–water partition coefficient (Wildman–Crippen LogP) is 2.51. The van der Waals surface area contributed by atoms with E-state index in [9.17, 15) is 22.8 Å². The van der Waals surface area contributed by atoms with Gasteiger partial charge >= 0.3 is 0 Å². The minimum atomic E-state index is -3.49. The molecule has 0 atom stereocenters. The van der Waals surface area contributed by atoms with Crippen molar-refractivity contribution in [1.29, 1.82) is 0 Å². The number of carbonyl (C=O) groups excluding carboxylic acids is 3. The number of aryl methyl sites for hydroxylation is 1. The van der Waals surface area contributed by atoms with Crippen LogP contribution in [0.1, 0.15) is 61.5 Å². The summed E-state index contributed by atoms with van der Waals surface area (Å²) in [5.41, 5.74) is 7.77. The van der Waals surface area contributed by atoms with E-state index in [1.807, 2.05) is 0 Å².